The van der Waals surface area contributed by atoms with E-state index in [2.05, 4.69) is 11.1 Å². The van der Waals surface area contributed by atoms with Crippen LogP contribution in [0.15, 0.2) is 59.7 Å². The average Bonchev–Trinajstić information content (AvgIpc) is 2.58. The fourth-order valence-corrected chi connectivity index (χ4v) is 3.38. The Morgan fingerprint density at radius 2 is 1.92 bits per heavy atom. The molecule has 1 atom stereocenters. The number of halogens is 2. The van der Waals surface area contributed by atoms with Crippen molar-refractivity contribution in [2.75, 3.05) is 4.90 Å². The first kappa shape index (κ1) is 15.1. The second-order valence-electron chi connectivity index (χ2n) is 6.74. The first-order chi connectivity index (χ1) is 11.5. The van der Waals surface area contributed by atoms with Crippen molar-refractivity contribution < 1.29 is 8.78 Å². The Morgan fingerprint density at radius 3 is 2.75 bits per heavy atom. The molecule has 0 N–H and O–H groups in total. The van der Waals surface area contributed by atoms with Crippen molar-refractivity contribution in [2.45, 2.75) is 32.0 Å². The summed E-state index contributed by atoms with van der Waals surface area (Å²) >= 11 is 0. The van der Waals surface area contributed by atoms with E-state index in [0.29, 0.717) is 11.4 Å². The number of alkyl halides is 1. The maximum atomic E-state index is 14.9. The van der Waals surface area contributed by atoms with E-state index in [1.807, 2.05) is 35.4 Å². The van der Waals surface area contributed by atoms with E-state index in [1.54, 1.807) is 26.0 Å². The Labute approximate surface area is 140 Å². The third-order valence-corrected chi connectivity index (χ3v) is 4.63. The molecule has 2 nitrogen and oxygen atoms in total. The SMILES string of the molecule is CC1(C)N=C(N2C=CCc3ccccc32)c2cccc(F)c2C1F. The first-order valence-corrected chi connectivity index (χ1v) is 8.05. The van der Waals surface area contributed by atoms with E-state index < -0.39 is 17.5 Å². The van der Waals surface area contributed by atoms with Gasteiger partial charge in [-0.3, -0.25) is 4.99 Å². The van der Waals surface area contributed by atoms with Crippen LogP contribution in [-0.2, 0) is 6.42 Å². The lowest BCUT2D eigenvalue weighted by Crippen LogP contribution is -2.39. The summed E-state index contributed by atoms with van der Waals surface area (Å²) in [5, 5.41) is 0. The minimum atomic E-state index is -1.47. The number of hydrogen-bond donors (Lipinski definition) is 0. The molecule has 0 aliphatic carbocycles. The summed E-state index contributed by atoms with van der Waals surface area (Å²) in [6.45, 7) is 3.40. The number of aliphatic imine (C=N–C) groups is 1. The number of rotatable bonds is 0. The van der Waals surface area contributed by atoms with Crippen LogP contribution >= 0.6 is 0 Å². The van der Waals surface area contributed by atoms with Gasteiger partial charge in [0.05, 0.1) is 11.2 Å². The molecule has 2 aromatic carbocycles. The highest BCUT2D eigenvalue weighted by molar-refractivity contribution is 6.13. The van der Waals surface area contributed by atoms with E-state index >= 15 is 0 Å². The number of nitrogens with zero attached hydrogens (tertiary/aromatic N) is 2. The van der Waals surface area contributed by atoms with Gasteiger partial charge in [-0.25, -0.2) is 8.78 Å². The summed E-state index contributed by atoms with van der Waals surface area (Å²) in [6, 6.07) is 12.7. The van der Waals surface area contributed by atoms with Gasteiger partial charge in [-0.2, -0.15) is 0 Å². The predicted molar refractivity (Wildman–Crippen MR) is 92.6 cm³/mol. The molecular weight excluding hydrogens is 306 g/mol. The summed E-state index contributed by atoms with van der Waals surface area (Å²) < 4.78 is 29.2. The molecule has 0 aromatic heterocycles. The number of fused-ring (bicyclic) bond motifs is 2. The van der Waals surface area contributed by atoms with Gasteiger partial charge >= 0.3 is 0 Å². The summed E-state index contributed by atoms with van der Waals surface area (Å²) in [5.74, 6) is 0.0709. The number of allylic oxidation sites excluding steroid dienone is 1. The van der Waals surface area contributed by atoms with Gasteiger partial charge in [-0.1, -0.05) is 36.4 Å². The molecule has 0 saturated heterocycles. The van der Waals surface area contributed by atoms with E-state index in [0.717, 1.165) is 12.1 Å². The minimum absolute atomic E-state index is 0.101. The zero-order valence-corrected chi connectivity index (χ0v) is 13.6. The highest BCUT2D eigenvalue weighted by Gasteiger charge is 2.41. The predicted octanol–water partition coefficient (Wildman–Crippen LogP) is 4.95. The monoisotopic (exact) mass is 324 g/mol. The second kappa shape index (κ2) is 5.26. The van der Waals surface area contributed by atoms with Crippen LogP contribution in [0.4, 0.5) is 14.5 Å². The van der Waals surface area contributed by atoms with E-state index in [1.165, 1.54) is 11.6 Å². The average molecular weight is 324 g/mol. The molecule has 2 aliphatic rings. The quantitative estimate of drug-likeness (QED) is 0.669. The summed E-state index contributed by atoms with van der Waals surface area (Å²) in [4.78, 5) is 6.59. The summed E-state index contributed by atoms with van der Waals surface area (Å²) in [6.07, 6.45) is 3.34. The number of anilines is 1. The Bertz CT molecular complexity index is 868. The molecule has 0 saturated carbocycles. The highest BCUT2D eigenvalue weighted by Crippen LogP contribution is 2.42. The zero-order chi connectivity index (χ0) is 16.9. The van der Waals surface area contributed by atoms with Gasteiger partial charge in [0.2, 0.25) is 0 Å². The minimum Gasteiger partial charge on any atom is -0.302 e. The Kier molecular flexibility index (Phi) is 3.30. The van der Waals surface area contributed by atoms with Gasteiger partial charge in [0.1, 0.15) is 11.7 Å². The molecule has 24 heavy (non-hydrogen) atoms. The molecule has 4 heteroatoms. The normalized spacial score (nSPS) is 21.1. The zero-order valence-electron chi connectivity index (χ0n) is 13.6. The van der Waals surface area contributed by atoms with Crippen LogP contribution in [0, 0.1) is 5.82 Å². The molecule has 2 aliphatic heterocycles. The van der Waals surface area contributed by atoms with Gasteiger partial charge in [0.25, 0.3) is 0 Å². The molecule has 122 valence electrons. The second-order valence-corrected chi connectivity index (χ2v) is 6.74. The number of para-hydroxylation sites is 1. The van der Waals surface area contributed by atoms with Gasteiger partial charge in [-0.15, -0.1) is 0 Å². The van der Waals surface area contributed by atoms with Crippen LogP contribution in [0.25, 0.3) is 0 Å². The molecule has 0 amide bonds. The molecule has 1 unspecified atom stereocenters. The van der Waals surface area contributed by atoms with Crippen LogP contribution < -0.4 is 4.90 Å². The molecule has 2 aromatic rings. The molecule has 0 bridgehead atoms. The van der Waals surface area contributed by atoms with Crippen LogP contribution in [0.5, 0.6) is 0 Å². The Hall–Kier alpha value is -2.49. The van der Waals surface area contributed by atoms with Crippen molar-refractivity contribution in [3.63, 3.8) is 0 Å². The maximum Gasteiger partial charge on any atom is 0.153 e. The Morgan fingerprint density at radius 1 is 1.12 bits per heavy atom. The molecule has 0 spiro atoms. The topological polar surface area (TPSA) is 15.6 Å². The fourth-order valence-electron chi connectivity index (χ4n) is 3.38. The van der Waals surface area contributed by atoms with Crippen molar-refractivity contribution in [2.24, 2.45) is 4.99 Å². The molecule has 0 radical (unpaired) electrons. The van der Waals surface area contributed by atoms with Gasteiger partial charge in [-0.05, 0) is 38.0 Å². The van der Waals surface area contributed by atoms with Gasteiger partial charge < -0.3 is 4.90 Å². The number of benzene rings is 2. The van der Waals surface area contributed by atoms with Crippen molar-refractivity contribution in [1.29, 1.82) is 0 Å². The maximum absolute atomic E-state index is 14.9. The number of hydrogen-bond acceptors (Lipinski definition) is 2. The van der Waals surface area contributed by atoms with Gasteiger partial charge in [0.15, 0.2) is 6.17 Å². The first-order valence-electron chi connectivity index (χ1n) is 8.05. The van der Waals surface area contributed by atoms with Crippen LogP contribution in [0.1, 0.15) is 36.7 Å². The molecule has 2 heterocycles. The highest BCUT2D eigenvalue weighted by atomic mass is 19.1. The van der Waals surface area contributed by atoms with Crippen molar-refractivity contribution in [3.05, 3.63) is 77.2 Å². The standard InChI is InChI=1S/C20H18F2N2/c1-20(2)18(22)17-14(9-5-10-15(17)21)19(23-20)24-12-6-8-13-7-3-4-11-16(13)24/h3-7,9-12,18H,8H2,1-2H3. The number of amidine groups is 1. The van der Waals surface area contributed by atoms with Crippen molar-refractivity contribution in [1.82, 2.24) is 0 Å². The molecular formula is C20H18F2N2. The summed E-state index contributed by atoms with van der Waals surface area (Å²) in [5.41, 5.74) is 1.76. The lowest BCUT2D eigenvalue weighted by atomic mass is 9.85. The third kappa shape index (κ3) is 2.17. The molecule has 4 rings (SSSR count). The third-order valence-electron chi connectivity index (χ3n) is 4.63. The van der Waals surface area contributed by atoms with E-state index in [-0.39, 0.29) is 5.56 Å². The fraction of sp³-hybridized carbons (Fsp3) is 0.250. The summed E-state index contributed by atoms with van der Waals surface area (Å²) in [7, 11) is 0. The lowest BCUT2D eigenvalue weighted by molar-refractivity contribution is 0.215. The Balaban J connectivity index is 1.94. The molecule has 0 fully saturated rings. The van der Waals surface area contributed by atoms with Crippen molar-refractivity contribution in [3.8, 4) is 0 Å². The smallest absolute Gasteiger partial charge is 0.153 e. The van der Waals surface area contributed by atoms with Crippen LogP contribution in [0.3, 0.4) is 0 Å². The largest absolute Gasteiger partial charge is 0.302 e. The van der Waals surface area contributed by atoms with E-state index in [4.69, 9.17) is 0 Å². The van der Waals surface area contributed by atoms with E-state index in [9.17, 15) is 8.78 Å². The van der Waals surface area contributed by atoms with Crippen molar-refractivity contribution >= 4 is 11.5 Å². The lowest BCUT2D eigenvalue weighted by Gasteiger charge is -2.37. The van der Waals surface area contributed by atoms with Gasteiger partial charge in [0, 0.05) is 17.3 Å². The van der Waals surface area contributed by atoms with Crippen LogP contribution in [0.2, 0.25) is 0 Å². The van der Waals surface area contributed by atoms with Crippen LogP contribution in [-0.4, -0.2) is 11.4 Å².